The molecule has 0 aromatic heterocycles. The predicted molar refractivity (Wildman–Crippen MR) is 191 cm³/mol. The van der Waals surface area contributed by atoms with Crippen molar-refractivity contribution in [3.8, 4) is 0 Å². The van der Waals surface area contributed by atoms with Crippen LogP contribution in [0.1, 0.15) is 121 Å². The first kappa shape index (κ1) is 36.6. The van der Waals surface area contributed by atoms with Gasteiger partial charge in [0.2, 0.25) is 0 Å². The van der Waals surface area contributed by atoms with Gasteiger partial charge < -0.3 is 18.7 Å². The van der Waals surface area contributed by atoms with E-state index in [2.05, 4.69) is 101 Å². The molecule has 0 aromatic carbocycles. The molecule has 6 heteroatoms. The van der Waals surface area contributed by atoms with Crippen molar-refractivity contribution in [2.75, 3.05) is 6.61 Å². The van der Waals surface area contributed by atoms with E-state index in [4.69, 9.17) is 13.6 Å². The van der Waals surface area contributed by atoms with Gasteiger partial charge in [0, 0.05) is 12.0 Å². The minimum absolute atomic E-state index is 0.0150. The molecule has 0 aromatic rings. The topological polar surface area (TPSA) is 47.9 Å². The van der Waals surface area contributed by atoms with E-state index in [1.807, 2.05) is 13.8 Å². The summed E-state index contributed by atoms with van der Waals surface area (Å²) in [6.45, 7) is 35.7. The summed E-state index contributed by atoms with van der Waals surface area (Å²) in [4.78, 5) is 0. The summed E-state index contributed by atoms with van der Waals surface area (Å²) >= 11 is 0. The zero-order valence-corrected chi connectivity index (χ0v) is 33.4. The van der Waals surface area contributed by atoms with E-state index < -0.39 is 22.2 Å². The van der Waals surface area contributed by atoms with E-state index in [1.54, 1.807) is 11.1 Å². The van der Waals surface area contributed by atoms with Gasteiger partial charge in [0.25, 0.3) is 0 Å². The number of allylic oxidation sites excluding steroid dienone is 3. The van der Waals surface area contributed by atoms with Crippen LogP contribution in [-0.2, 0) is 13.6 Å². The second kappa shape index (κ2) is 12.0. The summed E-state index contributed by atoms with van der Waals surface area (Å²) < 4.78 is 21.1. The highest BCUT2D eigenvalue weighted by atomic mass is 28.4. The lowest BCUT2D eigenvalue weighted by atomic mass is 9.49. The standard InChI is InChI=1S/C38H70O4Si2/c1-26(40-23-22-36(8,9)39)30-18-19-31-29-17-16-27-24-28(41-43(12,13)34(2,3)4)25-33(42-44(14,15)35(5,6)7)38(27,11)32(29)20-21-37(30,31)10/h16-17,26,28,30-33,39H,18-25H2,1-15H3/t26?,28?,30-,31+,32+,33?,37-,38+/m1/s1. The molecule has 1 N–H and O–H groups in total. The summed E-state index contributed by atoms with van der Waals surface area (Å²) in [5.41, 5.74) is 2.87. The number of fused-ring (bicyclic) bond motifs is 5. The van der Waals surface area contributed by atoms with Crippen LogP contribution in [-0.4, -0.2) is 52.3 Å². The lowest BCUT2D eigenvalue weighted by molar-refractivity contribution is -0.0646. The summed E-state index contributed by atoms with van der Waals surface area (Å²) in [5.74, 6) is 1.70. The zero-order chi connectivity index (χ0) is 33.3. The van der Waals surface area contributed by atoms with Crippen molar-refractivity contribution in [3.63, 3.8) is 0 Å². The second-order valence-corrected chi connectivity index (χ2v) is 28.9. The number of aliphatic hydroxyl groups is 1. The molecule has 4 rings (SSSR count). The fraction of sp³-hybridized carbons (Fsp3) is 0.895. The Hall–Kier alpha value is -0.246. The Kier molecular flexibility index (Phi) is 9.99. The maximum atomic E-state index is 10.2. The predicted octanol–water partition coefficient (Wildman–Crippen LogP) is 10.4. The first-order valence-electron chi connectivity index (χ1n) is 17.9. The maximum absolute atomic E-state index is 10.2. The Morgan fingerprint density at radius 2 is 1.45 bits per heavy atom. The first-order chi connectivity index (χ1) is 19.8. The fourth-order valence-electron chi connectivity index (χ4n) is 8.81. The number of rotatable bonds is 9. The van der Waals surface area contributed by atoms with Gasteiger partial charge in [-0.3, -0.25) is 0 Å². The van der Waals surface area contributed by atoms with E-state index in [0.717, 1.165) is 12.8 Å². The van der Waals surface area contributed by atoms with Crippen molar-refractivity contribution < 1.29 is 18.7 Å². The summed E-state index contributed by atoms with van der Waals surface area (Å²) in [7, 11) is -3.93. The number of hydrogen-bond donors (Lipinski definition) is 1. The molecule has 3 saturated carbocycles. The van der Waals surface area contributed by atoms with E-state index in [1.165, 1.54) is 25.7 Å². The second-order valence-electron chi connectivity index (χ2n) is 19.4. The molecule has 0 bridgehead atoms. The molecule has 3 fully saturated rings. The number of ether oxygens (including phenoxy) is 1. The van der Waals surface area contributed by atoms with Gasteiger partial charge >= 0.3 is 0 Å². The Bertz CT molecular complexity index is 1100. The van der Waals surface area contributed by atoms with Gasteiger partial charge in [-0.1, -0.05) is 78.7 Å². The smallest absolute Gasteiger partial charge is 0.192 e. The van der Waals surface area contributed by atoms with Crippen LogP contribution in [0.4, 0.5) is 0 Å². The molecule has 4 aliphatic carbocycles. The summed E-state index contributed by atoms with van der Waals surface area (Å²) in [6, 6.07) is 0. The minimum Gasteiger partial charge on any atom is -0.414 e. The highest BCUT2D eigenvalue weighted by molar-refractivity contribution is 6.74. The third-order valence-electron chi connectivity index (χ3n) is 13.8. The molecular weight excluding hydrogens is 577 g/mol. The summed E-state index contributed by atoms with van der Waals surface area (Å²) in [5, 5.41) is 10.6. The van der Waals surface area contributed by atoms with Crippen LogP contribution in [0.25, 0.3) is 0 Å². The molecule has 0 aliphatic heterocycles. The maximum Gasteiger partial charge on any atom is 0.192 e. The molecule has 3 unspecified atom stereocenters. The zero-order valence-electron chi connectivity index (χ0n) is 31.4. The molecule has 0 radical (unpaired) electrons. The van der Waals surface area contributed by atoms with Gasteiger partial charge in [0.05, 0.1) is 23.9 Å². The Labute approximate surface area is 274 Å². The molecule has 4 nitrogen and oxygen atoms in total. The minimum atomic E-state index is -2.02. The molecule has 0 spiro atoms. The van der Waals surface area contributed by atoms with Crippen LogP contribution >= 0.6 is 0 Å². The van der Waals surface area contributed by atoms with E-state index in [9.17, 15) is 5.11 Å². The Morgan fingerprint density at radius 3 is 2.02 bits per heavy atom. The largest absolute Gasteiger partial charge is 0.414 e. The Balaban J connectivity index is 1.65. The lowest BCUT2D eigenvalue weighted by Gasteiger charge is -2.59. The van der Waals surface area contributed by atoms with Crippen molar-refractivity contribution in [1.29, 1.82) is 0 Å². The monoisotopic (exact) mass is 646 g/mol. The average molecular weight is 647 g/mol. The normalized spacial score (nSPS) is 35.8. The SMILES string of the molecule is CC(OCCC(C)(C)O)[C@H]1CC[C@H]2C3=CC=C4CC(O[Si](C)(C)C(C)(C)C)CC(O[Si](C)(C)C(C)(C)C)[C@]4(C)[C@H]3CC[C@]12C. The van der Waals surface area contributed by atoms with Crippen molar-refractivity contribution in [2.24, 2.45) is 28.6 Å². The van der Waals surface area contributed by atoms with Gasteiger partial charge in [-0.25, -0.2) is 0 Å². The van der Waals surface area contributed by atoms with Crippen LogP contribution in [0, 0.1) is 28.6 Å². The van der Waals surface area contributed by atoms with Gasteiger partial charge in [-0.2, -0.15) is 0 Å². The van der Waals surface area contributed by atoms with Crippen LogP contribution < -0.4 is 0 Å². The van der Waals surface area contributed by atoms with Crippen molar-refractivity contribution >= 4 is 16.6 Å². The quantitative estimate of drug-likeness (QED) is 0.253. The Morgan fingerprint density at radius 1 is 0.864 bits per heavy atom. The van der Waals surface area contributed by atoms with Crippen LogP contribution in [0.3, 0.4) is 0 Å². The highest BCUT2D eigenvalue weighted by Gasteiger charge is 2.61. The third kappa shape index (κ3) is 6.83. The van der Waals surface area contributed by atoms with Gasteiger partial charge in [0.15, 0.2) is 16.6 Å². The van der Waals surface area contributed by atoms with Crippen LogP contribution in [0.5, 0.6) is 0 Å². The summed E-state index contributed by atoms with van der Waals surface area (Å²) in [6.07, 6.45) is 13.4. The molecule has 44 heavy (non-hydrogen) atoms. The molecular formula is C38H70O4Si2. The van der Waals surface area contributed by atoms with Crippen LogP contribution in [0.15, 0.2) is 23.3 Å². The molecule has 0 heterocycles. The van der Waals surface area contributed by atoms with Gasteiger partial charge in [0.1, 0.15) is 0 Å². The first-order valence-corrected chi connectivity index (χ1v) is 23.8. The molecule has 0 saturated heterocycles. The molecule has 4 aliphatic rings. The van der Waals surface area contributed by atoms with Crippen LogP contribution in [0.2, 0.25) is 36.3 Å². The van der Waals surface area contributed by atoms with E-state index in [0.29, 0.717) is 30.8 Å². The van der Waals surface area contributed by atoms with Gasteiger partial charge in [-0.05, 0) is 125 Å². The molecule has 8 atom stereocenters. The fourth-order valence-corrected chi connectivity index (χ4v) is 11.6. The van der Waals surface area contributed by atoms with E-state index >= 15 is 0 Å². The van der Waals surface area contributed by atoms with E-state index in [-0.39, 0.29) is 39.2 Å². The highest BCUT2D eigenvalue weighted by Crippen LogP contribution is 2.66. The van der Waals surface area contributed by atoms with Crippen molar-refractivity contribution in [2.45, 2.75) is 181 Å². The third-order valence-corrected chi connectivity index (χ3v) is 22.9. The average Bonchev–Trinajstić information content (AvgIpc) is 3.19. The number of hydrogen-bond acceptors (Lipinski definition) is 4. The molecule has 0 amide bonds. The lowest BCUT2D eigenvalue weighted by Crippen LogP contribution is -2.58. The van der Waals surface area contributed by atoms with Crippen molar-refractivity contribution in [1.82, 2.24) is 0 Å². The molecule has 254 valence electrons. The van der Waals surface area contributed by atoms with Gasteiger partial charge in [-0.15, -0.1) is 0 Å². The van der Waals surface area contributed by atoms with Crippen molar-refractivity contribution in [3.05, 3.63) is 23.3 Å².